The van der Waals surface area contributed by atoms with Gasteiger partial charge in [-0.2, -0.15) is 4.99 Å². The fourth-order valence-corrected chi connectivity index (χ4v) is 7.18. The van der Waals surface area contributed by atoms with E-state index in [2.05, 4.69) is 61.2 Å². The van der Waals surface area contributed by atoms with Gasteiger partial charge >= 0.3 is 0 Å². The van der Waals surface area contributed by atoms with E-state index in [-0.39, 0.29) is 24.2 Å². The fraction of sp³-hybridized carbons (Fsp3) is 0.426. The molecule has 5 rings (SSSR count). The standard InChI is InChI=1S/C47H60F2N6O2/c1-9-15-55(16-12-29(2)3)39-10-11-40(44(25-39)53-38-13-17-57-18-14-38)47(56)54-45(50)43-23-34(20-33-21-36(48)24-37(49)22-33)42(26-41(43)31(6)7)35-19-32(8)46(52-28-35)51-27-30(4)5/h10-11,19,21-29,31,38,53H,9,12-18,20H2,1-8H3,(H,51,52)(H2,50,54,56). The highest BCUT2D eigenvalue weighted by molar-refractivity contribution is 6.11. The first-order valence-corrected chi connectivity index (χ1v) is 20.3. The molecule has 1 aromatic heterocycles. The predicted octanol–water partition coefficient (Wildman–Crippen LogP) is 10.8. The van der Waals surface area contributed by atoms with Gasteiger partial charge in [0.2, 0.25) is 0 Å². The number of ether oxygens (including phenoxy) is 1. The average Bonchev–Trinajstić information content (AvgIpc) is 3.15. The molecule has 0 spiro atoms. The lowest BCUT2D eigenvalue weighted by Crippen LogP contribution is -2.29. The SMILES string of the molecule is CCCN(CCC(C)C)c1ccc(C(=O)N=C(N)c2cc(Cc3cc(F)cc(F)c3)c(-c3cnc(NC=C(C)C)c(C)c3)cc2C(C)C)c(NC2CCOCC2)c1. The van der Waals surface area contributed by atoms with Crippen molar-refractivity contribution >= 4 is 28.9 Å². The van der Waals surface area contributed by atoms with Crippen LogP contribution < -0.4 is 21.3 Å². The number of pyridine rings is 1. The van der Waals surface area contributed by atoms with Gasteiger partial charge in [0.15, 0.2) is 0 Å². The molecule has 57 heavy (non-hydrogen) atoms. The highest BCUT2D eigenvalue weighted by atomic mass is 19.1. The summed E-state index contributed by atoms with van der Waals surface area (Å²) in [6.07, 6.45) is 7.64. The van der Waals surface area contributed by atoms with Crippen LogP contribution in [0.15, 0.2) is 77.6 Å². The Labute approximate surface area is 338 Å². The summed E-state index contributed by atoms with van der Waals surface area (Å²) in [5, 5.41) is 6.92. The second-order valence-corrected chi connectivity index (χ2v) is 16.2. The van der Waals surface area contributed by atoms with Gasteiger partial charge in [-0.1, -0.05) is 40.2 Å². The van der Waals surface area contributed by atoms with Gasteiger partial charge in [0.1, 0.15) is 23.3 Å². The zero-order valence-electron chi connectivity index (χ0n) is 34.9. The molecule has 0 atom stereocenters. The number of anilines is 3. The number of amides is 1. The average molecular weight is 779 g/mol. The van der Waals surface area contributed by atoms with Crippen LogP contribution in [-0.4, -0.2) is 49.1 Å². The van der Waals surface area contributed by atoms with Crippen LogP contribution >= 0.6 is 0 Å². The molecule has 1 saturated heterocycles. The number of rotatable bonds is 16. The number of aliphatic imine (C=N–C) groups is 1. The normalized spacial score (nSPS) is 13.6. The highest BCUT2D eigenvalue weighted by Crippen LogP contribution is 2.34. The third-order valence-electron chi connectivity index (χ3n) is 10.2. The topological polar surface area (TPSA) is 105 Å². The third-order valence-corrected chi connectivity index (χ3v) is 10.2. The van der Waals surface area contributed by atoms with E-state index in [1.165, 1.54) is 12.1 Å². The van der Waals surface area contributed by atoms with Crippen LogP contribution in [0.25, 0.3) is 11.1 Å². The molecule has 0 bridgehead atoms. The predicted molar refractivity (Wildman–Crippen MR) is 232 cm³/mol. The number of hydrogen-bond donors (Lipinski definition) is 3. The van der Waals surface area contributed by atoms with Crippen LogP contribution in [-0.2, 0) is 11.2 Å². The van der Waals surface area contributed by atoms with Gasteiger partial charge in [0.25, 0.3) is 5.91 Å². The Kier molecular flexibility index (Phi) is 15.0. The summed E-state index contributed by atoms with van der Waals surface area (Å²) >= 11 is 0. The summed E-state index contributed by atoms with van der Waals surface area (Å²) in [6, 6.07) is 15.6. The first-order chi connectivity index (χ1) is 27.2. The molecule has 0 aliphatic carbocycles. The van der Waals surface area contributed by atoms with E-state index in [1.54, 1.807) is 6.20 Å². The number of hydrogen-bond acceptors (Lipinski definition) is 6. The van der Waals surface area contributed by atoms with E-state index >= 15 is 0 Å². The van der Waals surface area contributed by atoms with E-state index in [9.17, 15) is 13.6 Å². The maximum absolute atomic E-state index is 14.5. The number of nitrogens with two attached hydrogens (primary N) is 1. The van der Waals surface area contributed by atoms with Crippen LogP contribution in [0, 0.1) is 24.5 Å². The number of halogens is 2. The van der Waals surface area contributed by atoms with Crippen molar-refractivity contribution in [2.75, 3.05) is 41.8 Å². The first-order valence-electron chi connectivity index (χ1n) is 20.3. The minimum Gasteiger partial charge on any atom is -0.383 e. The molecular weight excluding hydrogens is 719 g/mol. The van der Waals surface area contributed by atoms with Crippen LogP contribution in [0.2, 0.25) is 0 Å². The zero-order valence-corrected chi connectivity index (χ0v) is 34.9. The van der Waals surface area contributed by atoms with Crippen LogP contribution in [0.4, 0.5) is 26.0 Å². The Balaban J connectivity index is 1.60. The van der Waals surface area contributed by atoms with Gasteiger partial charge in [-0.05, 0) is 141 Å². The Hall–Kier alpha value is -5.09. The highest BCUT2D eigenvalue weighted by Gasteiger charge is 2.22. The Bertz CT molecular complexity index is 2060. The van der Waals surface area contributed by atoms with Crippen molar-refractivity contribution < 1.29 is 18.3 Å². The van der Waals surface area contributed by atoms with Crippen molar-refractivity contribution in [1.82, 2.24) is 4.98 Å². The number of nitrogens with zero attached hydrogens (tertiary/aromatic N) is 3. The van der Waals surface area contributed by atoms with Crippen LogP contribution in [0.3, 0.4) is 0 Å². The van der Waals surface area contributed by atoms with Gasteiger partial charge < -0.3 is 26.0 Å². The minimum atomic E-state index is -0.654. The number of aryl methyl sites for hydroxylation is 1. The van der Waals surface area contributed by atoms with Gasteiger partial charge in [-0.15, -0.1) is 0 Å². The van der Waals surface area contributed by atoms with Crippen molar-refractivity contribution in [1.29, 1.82) is 0 Å². The molecule has 1 aliphatic rings. The second kappa shape index (κ2) is 19.9. The van der Waals surface area contributed by atoms with E-state index in [1.807, 2.05) is 57.3 Å². The molecule has 1 fully saturated rings. The fourth-order valence-electron chi connectivity index (χ4n) is 7.18. The Morgan fingerprint density at radius 1 is 1.00 bits per heavy atom. The molecule has 304 valence electrons. The van der Waals surface area contributed by atoms with Gasteiger partial charge in [0, 0.05) is 73.3 Å². The van der Waals surface area contributed by atoms with Crippen molar-refractivity contribution in [2.45, 2.75) is 99.5 Å². The van der Waals surface area contributed by atoms with Crippen molar-refractivity contribution in [3.63, 3.8) is 0 Å². The Morgan fingerprint density at radius 2 is 1.72 bits per heavy atom. The lowest BCUT2D eigenvalue weighted by molar-refractivity contribution is 0.0904. The molecule has 4 aromatic rings. The molecule has 4 N–H and O–H groups in total. The Morgan fingerprint density at radius 3 is 2.35 bits per heavy atom. The minimum absolute atomic E-state index is 0.00338. The van der Waals surface area contributed by atoms with E-state index in [4.69, 9.17) is 15.5 Å². The van der Waals surface area contributed by atoms with Gasteiger partial charge in [-0.3, -0.25) is 4.79 Å². The summed E-state index contributed by atoms with van der Waals surface area (Å²) in [5.41, 5.74) is 15.5. The molecule has 1 aliphatic heterocycles. The summed E-state index contributed by atoms with van der Waals surface area (Å²) in [5.74, 6) is -0.392. The molecule has 1 amide bonds. The largest absolute Gasteiger partial charge is 0.383 e. The molecule has 8 nitrogen and oxygen atoms in total. The molecule has 0 radical (unpaired) electrons. The third kappa shape index (κ3) is 11.7. The zero-order chi connectivity index (χ0) is 41.2. The summed E-state index contributed by atoms with van der Waals surface area (Å²) in [7, 11) is 0. The lowest BCUT2D eigenvalue weighted by Gasteiger charge is -2.28. The number of carbonyl (C=O) groups is 1. The number of aromatic nitrogens is 1. The number of carbonyl (C=O) groups excluding carboxylic acids is 1. The maximum atomic E-state index is 14.5. The quantitative estimate of drug-likeness (QED) is 0.0768. The number of allylic oxidation sites excluding steroid dienone is 1. The van der Waals surface area contributed by atoms with Crippen LogP contribution in [0.1, 0.15) is 118 Å². The molecule has 0 saturated carbocycles. The first kappa shape index (κ1) is 43.0. The summed E-state index contributed by atoms with van der Waals surface area (Å²) in [6.45, 7) is 19.9. The second-order valence-electron chi connectivity index (χ2n) is 16.2. The summed E-state index contributed by atoms with van der Waals surface area (Å²) in [4.78, 5) is 25.9. The van der Waals surface area contributed by atoms with Crippen molar-refractivity contribution in [2.24, 2.45) is 16.6 Å². The molecule has 0 unspecified atom stereocenters. The molecular formula is C47H60F2N6O2. The molecule has 3 aromatic carbocycles. The van der Waals surface area contributed by atoms with E-state index in [0.717, 1.165) is 95.4 Å². The number of amidine groups is 1. The summed E-state index contributed by atoms with van der Waals surface area (Å²) < 4.78 is 34.6. The number of nitrogens with one attached hydrogen (secondary N) is 2. The van der Waals surface area contributed by atoms with Crippen molar-refractivity contribution in [3.05, 3.63) is 118 Å². The van der Waals surface area contributed by atoms with E-state index in [0.29, 0.717) is 35.8 Å². The van der Waals surface area contributed by atoms with Crippen molar-refractivity contribution in [3.8, 4) is 11.1 Å². The lowest BCUT2D eigenvalue weighted by atomic mass is 9.86. The number of benzene rings is 3. The van der Waals surface area contributed by atoms with Gasteiger partial charge in [-0.25, -0.2) is 13.8 Å². The van der Waals surface area contributed by atoms with Gasteiger partial charge in [0.05, 0.1) is 5.56 Å². The smallest absolute Gasteiger partial charge is 0.281 e. The van der Waals surface area contributed by atoms with Crippen LogP contribution in [0.5, 0.6) is 0 Å². The van der Waals surface area contributed by atoms with E-state index < -0.39 is 17.5 Å². The molecule has 10 heteroatoms. The maximum Gasteiger partial charge on any atom is 0.281 e. The molecule has 2 heterocycles. The monoisotopic (exact) mass is 778 g/mol.